The quantitative estimate of drug-likeness (QED) is 0.349. The van der Waals surface area contributed by atoms with E-state index in [2.05, 4.69) is 38.3 Å². The Morgan fingerprint density at radius 1 is 1.19 bits per heavy atom. The third-order valence-electron chi connectivity index (χ3n) is 6.77. The van der Waals surface area contributed by atoms with E-state index in [9.17, 15) is 8.42 Å². The van der Waals surface area contributed by atoms with Crippen molar-refractivity contribution in [3.63, 3.8) is 0 Å². The van der Waals surface area contributed by atoms with Crippen molar-refractivity contribution in [2.75, 3.05) is 13.1 Å². The predicted octanol–water partition coefficient (Wildman–Crippen LogP) is 6.11. The van der Waals surface area contributed by atoms with E-state index >= 15 is 0 Å². The Bertz CT molecular complexity index is 1430. The lowest BCUT2D eigenvalue weighted by Crippen LogP contribution is -2.47. The van der Waals surface area contributed by atoms with E-state index in [1.54, 1.807) is 12.4 Å². The molecule has 2 aromatic heterocycles. The highest BCUT2D eigenvalue weighted by Crippen LogP contribution is 2.40. The zero-order valence-corrected chi connectivity index (χ0v) is 24.5. The van der Waals surface area contributed by atoms with Gasteiger partial charge in [-0.15, -0.1) is 0 Å². The summed E-state index contributed by atoms with van der Waals surface area (Å²) in [5, 5.41) is 8.43. The monoisotopic (exact) mass is 644 g/mol. The van der Waals surface area contributed by atoms with Crippen molar-refractivity contribution in [3.8, 4) is 0 Å². The zero-order chi connectivity index (χ0) is 26.3. The van der Waals surface area contributed by atoms with Crippen LogP contribution in [0, 0.1) is 11.8 Å². The molecule has 13 heteroatoms. The average molecular weight is 647 g/mol. The van der Waals surface area contributed by atoms with Crippen LogP contribution in [-0.4, -0.2) is 46.3 Å². The van der Waals surface area contributed by atoms with Crippen LogP contribution in [0.2, 0.25) is 15.1 Å². The molecule has 8 nitrogen and oxygen atoms in total. The van der Waals surface area contributed by atoms with Gasteiger partial charge in [-0.05, 0) is 52.5 Å². The molecule has 0 aliphatic carbocycles. The molecule has 0 radical (unpaired) electrons. The molecule has 1 saturated heterocycles. The van der Waals surface area contributed by atoms with E-state index in [0.29, 0.717) is 25.3 Å². The Hall–Kier alpha value is -1.53. The summed E-state index contributed by atoms with van der Waals surface area (Å²) >= 11 is 22.1. The van der Waals surface area contributed by atoms with Gasteiger partial charge in [0.25, 0.3) is 0 Å². The number of halogens is 4. The van der Waals surface area contributed by atoms with Crippen molar-refractivity contribution in [1.82, 2.24) is 24.4 Å². The number of sulfonamides is 1. The first kappa shape index (κ1) is 27.1. The summed E-state index contributed by atoms with van der Waals surface area (Å²) in [6.07, 6.45) is 6.64. The summed E-state index contributed by atoms with van der Waals surface area (Å²) in [5.74, 6) is 0.591. The third kappa shape index (κ3) is 5.34. The molecular weight excluding hydrogens is 623 g/mol. The highest BCUT2D eigenvalue weighted by molar-refractivity contribution is 9.10. The van der Waals surface area contributed by atoms with Crippen LogP contribution in [0.4, 0.5) is 5.82 Å². The lowest BCUT2D eigenvalue weighted by molar-refractivity contribution is 0.276. The van der Waals surface area contributed by atoms with Crippen LogP contribution in [-0.2, 0) is 16.6 Å². The van der Waals surface area contributed by atoms with Crippen LogP contribution in [0.5, 0.6) is 0 Å². The van der Waals surface area contributed by atoms with E-state index in [1.165, 1.54) is 16.4 Å². The standard InChI is InChI=1S/C24H24BrCl3N6O2S/c1-14-21(32-24-18(25)12-31-34(24)23(14)30-11-15-4-2-6-29-10-15)16-5-3-7-33(13-16)37(35,36)22-19(27)8-17(26)9-20(22)28/h2,4,6,8-10,12,14,16,23,30H,3,5,7,11,13H2,1H3. The normalized spacial score (nSPS) is 22.5. The number of fused-ring (bicyclic) bond motifs is 1. The van der Waals surface area contributed by atoms with Gasteiger partial charge in [-0.25, -0.2) is 18.1 Å². The van der Waals surface area contributed by atoms with Crippen LogP contribution >= 0.6 is 50.7 Å². The molecule has 1 aromatic carbocycles. The molecule has 2 aliphatic heterocycles. The summed E-state index contributed by atoms with van der Waals surface area (Å²) < 4.78 is 31.3. The summed E-state index contributed by atoms with van der Waals surface area (Å²) in [6.45, 7) is 3.35. The van der Waals surface area contributed by atoms with Gasteiger partial charge in [0.05, 0.1) is 20.7 Å². The summed E-state index contributed by atoms with van der Waals surface area (Å²) in [4.78, 5) is 9.06. The van der Waals surface area contributed by atoms with Gasteiger partial charge < -0.3 is 0 Å². The molecule has 196 valence electrons. The largest absolute Gasteiger partial charge is 0.291 e. The first-order chi connectivity index (χ1) is 17.7. The lowest BCUT2D eigenvalue weighted by Gasteiger charge is -2.38. The number of rotatable bonds is 6. The first-order valence-corrected chi connectivity index (χ1v) is 15.1. The maximum atomic E-state index is 13.6. The molecule has 3 atom stereocenters. The molecular formula is C24H24BrCl3N6O2S. The fourth-order valence-corrected chi connectivity index (χ4v) is 8.38. The fraction of sp³-hybridized carbons (Fsp3) is 0.375. The molecule has 1 fully saturated rings. The Morgan fingerprint density at radius 2 is 1.95 bits per heavy atom. The number of aromatic nitrogens is 3. The Kier molecular flexibility index (Phi) is 7.98. The van der Waals surface area contributed by atoms with Gasteiger partial charge in [0.2, 0.25) is 10.0 Å². The van der Waals surface area contributed by atoms with Crippen LogP contribution in [0.15, 0.2) is 57.2 Å². The number of aliphatic imine (C=N–C) groups is 1. The van der Waals surface area contributed by atoms with E-state index in [-0.39, 0.29) is 44.5 Å². The Morgan fingerprint density at radius 3 is 2.65 bits per heavy atom. The van der Waals surface area contributed by atoms with E-state index in [1.807, 2.05) is 23.0 Å². The Labute approximate surface area is 239 Å². The molecule has 37 heavy (non-hydrogen) atoms. The van der Waals surface area contributed by atoms with Crippen molar-refractivity contribution < 1.29 is 8.42 Å². The molecule has 5 rings (SSSR count). The number of pyridine rings is 1. The predicted molar refractivity (Wildman–Crippen MR) is 149 cm³/mol. The Balaban J connectivity index is 1.43. The second-order valence-corrected chi connectivity index (χ2v) is 13.2. The molecule has 0 saturated carbocycles. The van der Waals surface area contributed by atoms with Gasteiger partial charge in [0.1, 0.15) is 11.1 Å². The number of benzene rings is 1. The number of piperidine rings is 1. The third-order valence-corrected chi connectivity index (χ3v) is 10.3. The highest BCUT2D eigenvalue weighted by Gasteiger charge is 2.40. The van der Waals surface area contributed by atoms with Crippen LogP contribution in [0.1, 0.15) is 31.5 Å². The second-order valence-electron chi connectivity index (χ2n) is 9.17. The average Bonchev–Trinajstić information content (AvgIpc) is 3.23. The molecule has 1 N–H and O–H groups in total. The highest BCUT2D eigenvalue weighted by atomic mass is 79.9. The van der Waals surface area contributed by atoms with Crippen molar-refractivity contribution in [1.29, 1.82) is 0 Å². The SMILES string of the molecule is CC1C(C2CCCN(S(=O)(=O)c3c(Cl)cc(Cl)cc3Cl)C2)=Nc2c(Br)cnn2C1NCc1cccnc1. The molecule has 0 bridgehead atoms. The number of nitrogens with one attached hydrogen (secondary N) is 1. The van der Waals surface area contributed by atoms with Crippen LogP contribution in [0.3, 0.4) is 0 Å². The van der Waals surface area contributed by atoms with Crippen molar-refractivity contribution in [2.24, 2.45) is 16.8 Å². The van der Waals surface area contributed by atoms with Gasteiger partial charge in [-0.1, -0.05) is 47.8 Å². The van der Waals surface area contributed by atoms with Gasteiger partial charge in [-0.3, -0.25) is 10.3 Å². The topological polar surface area (TPSA) is 92.5 Å². The van der Waals surface area contributed by atoms with Gasteiger partial charge in [0, 0.05) is 54.6 Å². The van der Waals surface area contributed by atoms with Crippen molar-refractivity contribution >= 4 is 72.3 Å². The maximum Gasteiger partial charge on any atom is 0.246 e. The van der Waals surface area contributed by atoms with E-state index in [0.717, 1.165) is 22.2 Å². The fourth-order valence-electron chi connectivity index (χ4n) is 5.00. The molecule has 0 spiro atoms. The maximum absolute atomic E-state index is 13.6. The number of hydrogen-bond donors (Lipinski definition) is 1. The molecule has 2 aliphatic rings. The van der Waals surface area contributed by atoms with Crippen molar-refractivity contribution in [3.05, 3.63) is 68.0 Å². The molecule has 0 amide bonds. The minimum atomic E-state index is -3.94. The van der Waals surface area contributed by atoms with E-state index < -0.39 is 10.0 Å². The smallest absolute Gasteiger partial charge is 0.246 e. The van der Waals surface area contributed by atoms with E-state index in [4.69, 9.17) is 39.8 Å². The molecule has 3 aromatic rings. The minimum absolute atomic E-state index is 0.00972. The molecule has 4 heterocycles. The first-order valence-electron chi connectivity index (χ1n) is 11.7. The summed E-state index contributed by atoms with van der Waals surface area (Å²) in [6, 6.07) is 6.71. The number of hydrogen-bond acceptors (Lipinski definition) is 6. The zero-order valence-electron chi connectivity index (χ0n) is 19.8. The summed E-state index contributed by atoms with van der Waals surface area (Å²) in [7, 11) is -3.94. The van der Waals surface area contributed by atoms with Gasteiger partial charge in [0.15, 0.2) is 5.82 Å². The molecule has 3 unspecified atom stereocenters. The number of nitrogens with zero attached hydrogens (tertiary/aromatic N) is 5. The lowest BCUT2D eigenvalue weighted by atomic mass is 9.85. The van der Waals surface area contributed by atoms with Crippen molar-refractivity contribution in [2.45, 2.75) is 37.4 Å². The van der Waals surface area contributed by atoms with Gasteiger partial charge in [-0.2, -0.15) is 9.40 Å². The second kappa shape index (κ2) is 10.9. The van der Waals surface area contributed by atoms with Crippen LogP contribution in [0.25, 0.3) is 0 Å². The summed E-state index contributed by atoms with van der Waals surface area (Å²) in [5.41, 5.74) is 1.99. The van der Waals surface area contributed by atoms with Gasteiger partial charge >= 0.3 is 0 Å². The van der Waals surface area contributed by atoms with Crippen LogP contribution < -0.4 is 5.32 Å². The minimum Gasteiger partial charge on any atom is -0.291 e.